The highest BCUT2D eigenvalue weighted by atomic mass is 16.3. The Balaban J connectivity index is 1.69. The third-order valence-corrected chi connectivity index (χ3v) is 3.66. The molecule has 2 aliphatic rings. The van der Waals surface area contributed by atoms with Gasteiger partial charge in [-0.15, -0.1) is 0 Å². The first-order valence-corrected chi connectivity index (χ1v) is 5.75. The van der Waals surface area contributed by atoms with E-state index in [1.807, 2.05) is 0 Å². The van der Waals surface area contributed by atoms with E-state index >= 15 is 0 Å². The van der Waals surface area contributed by atoms with Gasteiger partial charge in [-0.05, 0) is 12.3 Å². The van der Waals surface area contributed by atoms with Crippen LogP contribution in [-0.2, 0) is 0 Å². The molecule has 13 heavy (non-hydrogen) atoms. The molecule has 76 valence electrons. The van der Waals surface area contributed by atoms with Gasteiger partial charge in [0.1, 0.15) is 0 Å². The van der Waals surface area contributed by atoms with E-state index in [-0.39, 0.29) is 6.10 Å². The summed E-state index contributed by atoms with van der Waals surface area (Å²) in [7, 11) is 0. The van der Waals surface area contributed by atoms with Crippen molar-refractivity contribution in [2.45, 2.75) is 44.6 Å². The molecule has 0 amide bonds. The minimum Gasteiger partial charge on any atom is -0.393 e. The molecule has 0 aromatic carbocycles. The summed E-state index contributed by atoms with van der Waals surface area (Å²) in [5, 5.41) is 13.1. The van der Waals surface area contributed by atoms with Gasteiger partial charge in [-0.1, -0.05) is 32.1 Å². The molecule has 1 saturated heterocycles. The molecular weight excluding hydrogens is 162 g/mol. The Labute approximate surface area is 80.7 Å². The Morgan fingerprint density at radius 3 is 2.38 bits per heavy atom. The molecule has 2 N–H and O–H groups in total. The van der Waals surface area contributed by atoms with Crippen molar-refractivity contribution in [3.63, 3.8) is 0 Å². The van der Waals surface area contributed by atoms with Crippen LogP contribution in [0, 0.1) is 11.8 Å². The maximum Gasteiger partial charge on any atom is 0.0595 e. The summed E-state index contributed by atoms with van der Waals surface area (Å²) in [6.07, 6.45) is 7.95. The second kappa shape index (κ2) is 4.43. The van der Waals surface area contributed by atoms with E-state index in [2.05, 4.69) is 5.32 Å². The molecule has 1 atom stereocenters. The summed E-state index contributed by atoms with van der Waals surface area (Å²) in [5.41, 5.74) is 0. The van der Waals surface area contributed by atoms with Crippen molar-refractivity contribution in [3.05, 3.63) is 0 Å². The smallest absolute Gasteiger partial charge is 0.0595 e. The fourth-order valence-electron chi connectivity index (χ4n) is 2.54. The predicted octanol–water partition coefficient (Wildman–Crippen LogP) is 1.54. The minimum absolute atomic E-state index is 0.0238. The van der Waals surface area contributed by atoms with Gasteiger partial charge in [-0.2, -0.15) is 0 Å². The van der Waals surface area contributed by atoms with Gasteiger partial charge < -0.3 is 10.4 Å². The Hall–Kier alpha value is -0.0800. The second-order valence-corrected chi connectivity index (χ2v) is 4.73. The molecule has 0 radical (unpaired) electrons. The fourth-order valence-corrected chi connectivity index (χ4v) is 2.54. The van der Waals surface area contributed by atoms with E-state index in [1.165, 1.54) is 32.1 Å². The van der Waals surface area contributed by atoms with Gasteiger partial charge in [0.15, 0.2) is 0 Å². The van der Waals surface area contributed by atoms with Crippen LogP contribution in [0.25, 0.3) is 0 Å². The molecular formula is C11H21NO. The molecule has 0 aromatic heterocycles. The Morgan fingerprint density at radius 1 is 1.15 bits per heavy atom. The van der Waals surface area contributed by atoms with Crippen LogP contribution >= 0.6 is 0 Å². The third kappa shape index (κ3) is 2.44. The van der Waals surface area contributed by atoms with Crippen LogP contribution in [0.5, 0.6) is 0 Å². The van der Waals surface area contributed by atoms with Crippen LogP contribution in [0.1, 0.15) is 38.5 Å². The van der Waals surface area contributed by atoms with Crippen molar-refractivity contribution in [1.29, 1.82) is 0 Å². The topological polar surface area (TPSA) is 32.3 Å². The highest BCUT2D eigenvalue weighted by Gasteiger charge is 2.27. The number of nitrogens with one attached hydrogen (secondary N) is 1. The number of aliphatic hydroxyl groups is 1. The summed E-state index contributed by atoms with van der Waals surface area (Å²) in [6, 6.07) is 0. The molecule has 1 unspecified atom stereocenters. The van der Waals surface area contributed by atoms with Crippen LogP contribution < -0.4 is 5.32 Å². The van der Waals surface area contributed by atoms with Gasteiger partial charge >= 0.3 is 0 Å². The number of aliphatic hydroxyl groups excluding tert-OH is 1. The summed E-state index contributed by atoms with van der Waals surface area (Å²) >= 11 is 0. The second-order valence-electron chi connectivity index (χ2n) is 4.73. The molecule has 1 saturated carbocycles. The highest BCUT2D eigenvalue weighted by molar-refractivity contribution is 4.83. The monoisotopic (exact) mass is 183 g/mol. The summed E-state index contributed by atoms with van der Waals surface area (Å²) in [6.45, 7) is 2.07. The molecule has 2 rings (SSSR count). The number of hydrogen-bond donors (Lipinski definition) is 2. The lowest BCUT2D eigenvalue weighted by Crippen LogP contribution is -2.48. The van der Waals surface area contributed by atoms with E-state index in [0.29, 0.717) is 5.92 Å². The SMILES string of the molecule is OC(CC1CCCCC1)C1CNC1. The van der Waals surface area contributed by atoms with Crippen molar-refractivity contribution in [2.24, 2.45) is 11.8 Å². The first kappa shape index (κ1) is 9.47. The van der Waals surface area contributed by atoms with Crippen LogP contribution in [0.15, 0.2) is 0 Å². The molecule has 0 spiro atoms. The van der Waals surface area contributed by atoms with Crippen molar-refractivity contribution >= 4 is 0 Å². The van der Waals surface area contributed by atoms with Crippen molar-refractivity contribution < 1.29 is 5.11 Å². The lowest BCUT2D eigenvalue weighted by Gasteiger charge is -2.34. The van der Waals surface area contributed by atoms with Gasteiger partial charge in [-0.25, -0.2) is 0 Å². The van der Waals surface area contributed by atoms with Gasteiger partial charge in [-0.3, -0.25) is 0 Å². The highest BCUT2D eigenvalue weighted by Crippen LogP contribution is 2.29. The van der Waals surface area contributed by atoms with Crippen LogP contribution in [0.2, 0.25) is 0 Å². The molecule has 2 fully saturated rings. The largest absolute Gasteiger partial charge is 0.393 e. The molecule has 0 aromatic rings. The predicted molar refractivity (Wildman–Crippen MR) is 53.6 cm³/mol. The number of hydrogen-bond acceptors (Lipinski definition) is 2. The van der Waals surface area contributed by atoms with Gasteiger partial charge in [0, 0.05) is 19.0 Å². The average molecular weight is 183 g/mol. The van der Waals surface area contributed by atoms with Crippen LogP contribution in [0.3, 0.4) is 0 Å². The standard InChI is InChI=1S/C11H21NO/c13-11(10-7-12-8-10)6-9-4-2-1-3-5-9/h9-13H,1-8H2. The van der Waals surface area contributed by atoms with Gasteiger partial charge in [0.25, 0.3) is 0 Å². The van der Waals surface area contributed by atoms with Crippen LogP contribution in [0.4, 0.5) is 0 Å². The maximum absolute atomic E-state index is 9.88. The fraction of sp³-hybridized carbons (Fsp3) is 1.00. The minimum atomic E-state index is -0.0238. The van der Waals surface area contributed by atoms with E-state index < -0.39 is 0 Å². The molecule has 2 heteroatoms. The third-order valence-electron chi connectivity index (χ3n) is 3.66. The Morgan fingerprint density at radius 2 is 1.85 bits per heavy atom. The summed E-state index contributed by atoms with van der Waals surface area (Å²) < 4.78 is 0. The molecule has 1 heterocycles. The van der Waals surface area contributed by atoms with Crippen molar-refractivity contribution in [1.82, 2.24) is 5.32 Å². The first-order chi connectivity index (χ1) is 6.36. The summed E-state index contributed by atoms with van der Waals surface area (Å²) in [5.74, 6) is 1.38. The van der Waals surface area contributed by atoms with Crippen molar-refractivity contribution in [2.75, 3.05) is 13.1 Å². The zero-order valence-electron chi connectivity index (χ0n) is 8.34. The van der Waals surface area contributed by atoms with E-state index in [4.69, 9.17) is 0 Å². The molecule has 2 nitrogen and oxygen atoms in total. The van der Waals surface area contributed by atoms with Crippen LogP contribution in [-0.4, -0.2) is 24.3 Å². The zero-order valence-corrected chi connectivity index (χ0v) is 8.34. The Bertz CT molecular complexity index is 150. The quantitative estimate of drug-likeness (QED) is 0.695. The van der Waals surface area contributed by atoms with Gasteiger partial charge in [0.05, 0.1) is 6.10 Å². The number of rotatable bonds is 3. The van der Waals surface area contributed by atoms with Crippen molar-refractivity contribution in [3.8, 4) is 0 Å². The normalized spacial score (nSPS) is 28.4. The molecule has 0 bridgehead atoms. The summed E-state index contributed by atoms with van der Waals surface area (Å²) in [4.78, 5) is 0. The van der Waals surface area contributed by atoms with E-state index in [0.717, 1.165) is 25.4 Å². The molecule has 1 aliphatic heterocycles. The zero-order chi connectivity index (χ0) is 9.10. The van der Waals surface area contributed by atoms with Gasteiger partial charge in [0.2, 0.25) is 0 Å². The Kier molecular flexibility index (Phi) is 3.23. The molecule has 1 aliphatic carbocycles. The van der Waals surface area contributed by atoms with E-state index in [1.54, 1.807) is 0 Å². The average Bonchev–Trinajstić information content (AvgIpc) is 2.02. The first-order valence-electron chi connectivity index (χ1n) is 5.75. The lowest BCUT2D eigenvalue weighted by atomic mass is 9.81. The lowest BCUT2D eigenvalue weighted by molar-refractivity contribution is 0.0495. The maximum atomic E-state index is 9.88. The van der Waals surface area contributed by atoms with E-state index in [9.17, 15) is 5.11 Å².